The molecule has 1 aliphatic rings. The van der Waals surface area contributed by atoms with Crippen LogP contribution in [0.2, 0.25) is 0 Å². The molecular weight excluding hydrogens is 354 g/mol. The second-order valence-electron chi connectivity index (χ2n) is 6.61. The predicted octanol–water partition coefficient (Wildman–Crippen LogP) is 1.79. The molecule has 2 rings (SSSR count). The fourth-order valence-electron chi connectivity index (χ4n) is 2.77. The zero-order valence-electron chi connectivity index (χ0n) is 15.5. The zero-order valence-corrected chi connectivity index (χ0v) is 16.4. The van der Waals surface area contributed by atoms with Gasteiger partial charge in [0.25, 0.3) is 0 Å². The van der Waals surface area contributed by atoms with E-state index in [4.69, 9.17) is 0 Å². The Balaban J connectivity index is 1.60. The Hall–Kier alpha value is -1.74. The maximum atomic E-state index is 12.2. The van der Waals surface area contributed by atoms with E-state index in [0.29, 0.717) is 12.3 Å². The summed E-state index contributed by atoms with van der Waals surface area (Å²) in [5, 5.41) is 2.26. The van der Waals surface area contributed by atoms with Crippen molar-refractivity contribution in [1.82, 2.24) is 24.9 Å². The lowest BCUT2D eigenvalue weighted by atomic mass is 10.2. The van der Waals surface area contributed by atoms with Crippen LogP contribution < -0.4 is 10.0 Å². The van der Waals surface area contributed by atoms with E-state index in [1.165, 1.54) is 4.90 Å². The van der Waals surface area contributed by atoms with Gasteiger partial charge in [0.1, 0.15) is 12.4 Å². The summed E-state index contributed by atoms with van der Waals surface area (Å²) < 4.78 is 15.3. The van der Waals surface area contributed by atoms with Crippen molar-refractivity contribution in [2.24, 2.45) is 0 Å². The first kappa shape index (κ1) is 20.6. The van der Waals surface area contributed by atoms with Crippen LogP contribution in [0.15, 0.2) is 6.20 Å². The first-order valence-electron chi connectivity index (χ1n) is 9.26. The Bertz CT molecular complexity index is 634. The van der Waals surface area contributed by atoms with Crippen LogP contribution in [0.1, 0.15) is 63.5 Å². The molecule has 3 amide bonds. The number of imidazole rings is 1. The van der Waals surface area contributed by atoms with Crippen molar-refractivity contribution in [3.63, 3.8) is 0 Å². The Labute approximate surface area is 157 Å². The lowest BCUT2D eigenvalue weighted by Gasteiger charge is -2.13. The first-order chi connectivity index (χ1) is 12.5. The Morgan fingerprint density at radius 2 is 2.12 bits per heavy atom. The van der Waals surface area contributed by atoms with E-state index >= 15 is 0 Å². The number of unbranched alkanes of at least 4 members (excludes halogenated alkanes) is 3. The minimum absolute atomic E-state index is 0.0435. The van der Waals surface area contributed by atoms with Gasteiger partial charge in [-0.05, 0) is 26.2 Å². The molecule has 0 bridgehead atoms. The third-order valence-corrected chi connectivity index (χ3v) is 5.59. The first-order valence-corrected chi connectivity index (χ1v) is 10.6. The predicted molar refractivity (Wildman–Crippen MR) is 101 cm³/mol. The number of nitrogens with one attached hydrogen (secondary N) is 3. The zero-order chi connectivity index (χ0) is 18.9. The van der Waals surface area contributed by atoms with E-state index in [1.807, 2.05) is 13.1 Å². The van der Waals surface area contributed by atoms with Crippen LogP contribution in [-0.4, -0.2) is 49.9 Å². The maximum absolute atomic E-state index is 12.2. The van der Waals surface area contributed by atoms with Crippen molar-refractivity contribution in [3.8, 4) is 0 Å². The average molecular weight is 384 g/mol. The molecule has 1 saturated heterocycles. The van der Waals surface area contributed by atoms with Crippen molar-refractivity contribution in [1.29, 1.82) is 0 Å². The van der Waals surface area contributed by atoms with Crippen LogP contribution in [0.5, 0.6) is 0 Å². The number of H-pyrrole nitrogens is 1. The number of carbonyl (C=O) groups is 2. The van der Waals surface area contributed by atoms with Gasteiger partial charge in [0, 0.05) is 24.9 Å². The van der Waals surface area contributed by atoms with E-state index < -0.39 is 11.0 Å². The summed E-state index contributed by atoms with van der Waals surface area (Å²) in [7, 11) is -1.11. The standard InChI is InChI=1S/C17H29N5O3S/c1-3-4-8-15-18-11-14(19-15)13(2)21-26(25)10-7-5-6-9-22-12-16(23)20-17(22)24/h11,13,21H,3-10,12H2,1-2H3,(H,18,19)(H,20,23,24). The highest BCUT2D eigenvalue weighted by Crippen LogP contribution is 2.12. The number of imide groups is 1. The molecule has 0 aromatic carbocycles. The molecule has 26 heavy (non-hydrogen) atoms. The maximum Gasteiger partial charge on any atom is 0.324 e. The summed E-state index contributed by atoms with van der Waals surface area (Å²) in [5.74, 6) is 1.29. The Morgan fingerprint density at radius 3 is 2.81 bits per heavy atom. The second-order valence-corrected chi connectivity index (χ2v) is 7.95. The molecule has 0 saturated carbocycles. The van der Waals surface area contributed by atoms with Crippen LogP contribution in [0.25, 0.3) is 0 Å². The summed E-state index contributed by atoms with van der Waals surface area (Å²) in [4.78, 5) is 31.6. The Kier molecular flexibility index (Phi) is 8.24. The summed E-state index contributed by atoms with van der Waals surface area (Å²) in [6.07, 6.45) is 7.45. The number of amides is 3. The van der Waals surface area contributed by atoms with Crippen LogP contribution in [0, 0.1) is 0 Å². The highest BCUT2D eigenvalue weighted by Gasteiger charge is 2.25. The number of nitrogens with zero attached hydrogens (tertiary/aromatic N) is 2. The third kappa shape index (κ3) is 6.53. The van der Waals surface area contributed by atoms with E-state index in [1.54, 1.807) is 0 Å². The molecule has 9 heteroatoms. The smallest absolute Gasteiger partial charge is 0.324 e. The molecule has 1 aromatic rings. The van der Waals surface area contributed by atoms with Gasteiger partial charge in [-0.1, -0.05) is 19.8 Å². The molecular formula is C17H29N5O3S. The van der Waals surface area contributed by atoms with Crippen molar-refractivity contribution in [2.45, 2.75) is 58.4 Å². The van der Waals surface area contributed by atoms with Crippen molar-refractivity contribution >= 4 is 22.9 Å². The van der Waals surface area contributed by atoms with Gasteiger partial charge in [0.2, 0.25) is 5.91 Å². The highest BCUT2D eigenvalue weighted by atomic mass is 32.2. The van der Waals surface area contributed by atoms with Gasteiger partial charge >= 0.3 is 6.03 Å². The van der Waals surface area contributed by atoms with Crippen LogP contribution in [0.4, 0.5) is 4.79 Å². The molecule has 1 aromatic heterocycles. The monoisotopic (exact) mass is 383 g/mol. The quantitative estimate of drug-likeness (QED) is 0.378. The fraction of sp³-hybridized carbons (Fsp3) is 0.706. The molecule has 2 atom stereocenters. The molecule has 0 radical (unpaired) electrons. The van der Waals surface area contributed by atoms with Crippen LogP contribution in [0.3, 0.4) is 0 Å². The fourth-order valence-corrected chi connectivity index (χ4v) is 3.87. The Morgan fingerprint density at radius 1 is 1.31 bits per heavy atom. The third-order valence-electron chi connectivity index (χ3n) is 4.32. The van der Waals surface area contributed by atoms with Crippen molar-refractivity contribution in [3.05, 3.63) is 17.7 Å². The summed E-state index contributed by atoms with van der Waals surface area (Å²) in [6, 6.07) is -0.357. The van der Waals surface area contributed by atoms with E-state index in [0.717, 1.165) is 50.0 Å². The molecule has 146 valence electrons. The molecule has 3 N–H and O–H groups in total. The lowest BCUT2D eigenvalue weighted by Crippen LogP contribution is -2.29. The van der Waals surface area contributed by atoms with E-state index in [9.17, 15) is 13.8 Å². The topological polar surface area (TPSA) is 107 Å². The summed E-state index contributed by atoms with van der Waals surface area (Å²) in [5.41, 5.74) is 0.953. The van der Waals surface area contributed by atoms with Gasteiger partial charge in [-0.25, -0.2) is 18.7 Å². The van der Waals surface area contributed by atoms with E-state index in [-0.39, 0.29) is 24.5 Å². The largest absolute Gasteiger partial charge is 0.345 e. The van der Waals surface area contributed by atoms with Gasteiger partial charge in [0.05, 0.1) is 22.7 Å². The number of urea groups is 1. The lowest BCUT2D eigenvalue weighted by molar-refractivity contribution is -0.118. The van der Waals surface area contributed by atoms with Gasteiger partial charge in [0.15, 0.2) is 0 Å². The van der Waals surface area contributed by atoms with Gasteiger partial charge in [-0.15, -0.1) is 0 Å². The number of hydrogen-bond acceptors (Lipinski definition) is 4. The molecule has 0 aliphatic carbocycles. The minimum atomic E-state index is -1.11. The van der Waals surface area contributed by atoms with Gasteiger partial charge in [-0.2, -0.15) is 0 Å². The van der Waals surface area contributed by atoms with E-state index in [2.05, 4.69) is 26.9 Å². The minimum Gasteiger partial charge on any atom is -0.345 e. The number of carbonyl (C=O) groups excluding carboxylic acids is 2. The molecule has 1 fully saturated rings. The summed E-state index contributed by atoms with van der Waals surface area (Å²) in [6.45, 7) is 4.82. The number of aromatic amines is 1. The number of hydrogen-bond donors (Lipinski definition) is 3. The SMILES string of the molecule is CCCCc1ncc(C(C)NS(=O)CCCCCN2CC(=O)NC2=O)[nH]1. The number of aryl methyl sites for hydroxylation is 1. The molecule has 0 spiro atoms. The van der Waals surface area contributed by atoms with Crippen molar-refractivity contribution in [2.75, 3.05) is 18.8 Å². The average Bonchev–Trinajstić information content (AvgIpc) is 3.19. The van der Waals surface area contributed by atoms with Crippen LogP contribution >= 0.6 is 0 Å². The van der Waals surface area contributed by atoms with Crippen molar-refractivity contribution < 1.29 is 13.8 Å². The second kappa shape index (κ2) is 10.4. The van der Waals surface area contributed by atoms with Gasteiger partial charge < -0.3 is 9.88 Å². The van der Waals surface area contributed by atoms with Gasteiger partial charge in [-0.3, -0.25) is 10.1 Å². The molecule has 1 aliphatic heterocycles. The number of rotatable bonds is 12. The summed E-state index contributed by atoms with van der Waals surface area (Å²) >= 11 is 0. The van der Waals surface area contributed by atoms with Crippen LogP contribution in [-0.2, 0) is 22.2 Å². The normalized spacial score (nSPS) is 16.8. The molecule has 2 heterocycles. The molecule has 2 unspecified atom stereocenters. The highest BCUT2D eigenvalue weighted by molar-refractivity contribution is 7.83. The molecule has 8 nitrogen and oxygen atoms in total. The number of aromatic nitrogens is 2.